The molecule has 1 atom stereocenters. The van der Waals surface area contributed by atoms with Crippen molar-refractivity contribution >= 4 is 11.9 Å². The van der Waals surface area contributed by atoms with Crippen molar-refractivity contribution in [2.45, 2.75) is 18.4 Å². The van der Waals surface area contributed by atoms with E-state index in [1.54, 1.807) is 0 Å². The number of carbonyl (C=O) groups is 2. The van der Waals surface area contributed by atoms with E-state index in [0.29, 0.717) is 13.0 Å². The maximum absolute atomic E-state index is 11.0. The Labute approximate surface area is 69.3 Å². The van der Waals surface area contributed by atoms with Crippen molar-refractivity contribution in [3.63, 3.8) is 0 Å². The van der Waals surface area contributed by atoms with Gasteiger partial charge >= 0.3 is 11.9 Å². The fourth-order valence-electron chi connectivity index (χ4n) is 1.22. The number of hydrogen-bond acceptors (Lipinski definition) is 4. The molecule has 0 aliphatic carbocycles. The Kier molecular flexibility index (Phi) is 2.32. The van der Waals surface area contributed by atoms with Crippen molar-refractivity contribution in [2.75, 3.05) is 13.7 Å². The van der Waals surface area contributed by atoms with Gasteiger partial charge in [0.05, 0.1) is 7.11 Å². The summed E-state index contributed by atoms with van der Waals surface area (Å²) in [7, 11) is 1.15. The second-order valence-electron chi connectivity index (χ2n) is 2.58. The molecule has 1 rings (SSSR count). The van der Waals surface area contributed by atoms with Crippen LogP contribution in [0.4, 0.5) is 0 Å². The molecule has 1 aliphatic rings. The summed E-state index contributed by atoms with van der Waals surface area (Å²) in [5.41, 5.74) is -1.74. The molecule has 1 fully saturated rings. The molecular weight excluding hydrogens is 164 g/mol. The molecule has 12 heavy (non-hydrogen) atoms. The lowest BCUT2D eigenvalue weighted by Crippen LogP contribution is -2.46. The van der Waals surface area contributed by atoms with Gasteiger partial charge in [0.1, 0.15) is 0 Å². The molecule has 0 bridgehead atoms. The van der Waals surface area contributed by atoms with Crippen LogP contribution in [0.15, 0.2) is 0 Å². The summed E-state index contributed by atoms with van der Waals surface area (Å²) >= 11 is 0. The van der Waals surface area contributed by atoms with Gasteiger partial charge in [-0.25, -0.2) is 9.59 Å². The molecule has 1 saturated heterocycles. The Morgan fingerprint density at radius 2 is 2.25 bits per heavy atom. The molecule has 0 unspecified atom stereocenters. The number of carboxylic acids is 1. The van der Waals surface area contributed by atoms with Crippen LogP contribution in [0.3, 0.4) is 0 Å². The van der Waals surface area contributed by atoms with Crippen molar-refractivity contribution in [3.05, 3.63) is 0 Å². The minimum Gasteiger partial charge on any atom is -0.479 e. The Bertz CT molecular complexity index is 204. The maximum Gasteiger partial charge on any atom is 0.350 e. The third kappa shape index (κ3) is 1.16. The van der Waals surface area contributed by atoms with Gasteiger partial charge in [-0.15, -0.1) is 0 Å². The van der Waals surface area contributed by atoms with Gasteiger partial charge in [-0.05, 0) is 6.42 Å². The van der Waals surface area contributed by atoms with E-state index in [4.69, 9.17) is 9.84 Å². The van der Waals surface area contributed by atoms with Crippen LogP contribution in [-0.4, -0.2) is 36.4 Å². The monoisotopic (exact) mass is 174 g/mol. The zero-order valence-corrected chi connectivity index (χ0v) is 6.70. The first-order valence-electron chi connectivity index (χ1n) is 3.59. The standard InChI is InChI=1S/C7H10O5/c1-11-6(10)7(5(8)9)3-2-4-12-7/h2-4H2,1H3,(H,8,9)/t7-/m0/s1. The Morgan fingerprint density at radius 1 is 1.58 bits per heavy atom. The summed E-state index contributed by atoms with van der Waals surface area (Å²) in [5.74, 6) is -2.10. The molecule has 0 saturated carbocycles. The van der Waals surface area contributed by atoms with Gasteiger partial charge in [0, 0.05) is 13.0 Å². The second kappa shape index (κ2) is 3.10. The largest absolute Gasteiger partial charge is 0.479 e. The molecule has 0 aromatic carbocycles. The number of esters is 1. The number of carboxylic acid groups (broad SMARTS) is 1. The zero-order valence-electron chi connectivity index (χ0n) is 6.70. The summed E-state index contributed by atoms with van der Waals surface area (Å²) in [6, 6.07) is 0. The van der Waals surface area contributed by atoms with Gasteiger partial charge in [-0.2, -0.15) is 0 Å². The molecule has 68 valence electrons. The predicted octanol–water partition coefficient (Wildman–Crippen LogP) is -0.207. The van der Waals surface area contributed by atoms with Gasteiger partial charge in [0.2, 0.25) is 0 Å². The summed E-state index contributed by atoms with van der Waals surface area (Å²) in [6.07, 6.45) is 0.760. The molecule has 0 radical (unpaired) electrons. The quantitative estimate of drug-likeness (QED) is 0.463. The van der Waals surface area contributed by atoms with Crippen molar-refractivity contribution < 1.29 is 24.2 Å². The smallest absolute Gasteiger partial charge is 0.350 e. The first-order chi connectivity index (χ1) is 5.63. The van der Waals surface area contributed by atoms with Gasteiger partial charge in [-0.1, -0.05) is 0 Å². The van der Waals surface area contributed by atoms with E-state index in [2.05, 4.69) is 4.74 Å². The van der Waals surface area contributed by atoms with Crippen molar-refractivity contribution in [1.29, 1.82) is 0 Å². The van der Waals surface area contributed by atoms with E-state index in [0.717, 1.165) is 7.11 Å². The topological polar surface area (TPSA) is 72.8 Å². The highest BCUT2D eigenvalue weighted by Gasteiger charge is 2.51. The van der Waals surface area contributed by atoms with E-state index < -0.39 is 17.5 Å². The van der Waals surface area contributed by atoms with Gasteiger partial charge in [0.15, 0.2) is 0 Å². The van der Waals surface area contributed by atoms with E-state index in [9.17, 15) is 9.59 Å². The molecule has 0 aromatic rings. The van der Waals surface area contributed by atoms with Crippen LogP contribution in [-0.2, 0) is 19.1 Å². The third-order valence-electron chi connectivity index (χ3n) is 1.88. The highest BCUT2D eigenvalue weighted by atomic mass is 16.6. The third-order valence-corrected chi connectivity index (χ3v) is 1.88. The summed E-state index contributed by atoms with van der Waals surface area (Å²) in [5, 5.41) is 8.74. The minimum atomic E-state index is -1.74. The van der Waals surface area contributed by atoms with Gasteiger partial charge in [-0.3, -0.25) is 0 Å². The summed E-state index contributed by atoms with van der Waals surface area (Å²) in [4.78, 5) is 21.7. The molecule has 5 heteroatoms. The number of carbonyl (C=O) groups excluding carboxylic acids is 1. The normalized spacial score (nSPS) is 28.4. The molecule has 0 amide bonds. The molecular formula is C7H10O5. The van der Waals surface area contributed by atoms with Crippen LogP contribution in [0.5, 0.6) is 0 Å². The van der Waals surface area contributed by atoms with E-state index in [1.807, 2.05) is 0 Å². The van der Waals surface area contributed by atoms with Gasteiger partial charge in [0.25, 0.3) is 5.60 Å². The Hall–Kier alpha value is -1.10. The van der Waals surface area contributed by atoms with Gasteiger partial charge < -0.3 is 14.6 Å². The first-order valence-corrected chi connectivity index (χ1v) is 3.59. The molecule has 0 aromatic heterocycles. The molecule has 1 aliphatic heterocycles. The highest BCUT2D eigenvalue weighted by molar-refractivity contribution is 6.03. The van der Waals surface area contributed by atoms with Crippen LogP contribution in [0.1, 0.15) is 12.8 Å². The highest BCUT2D eigenvalue weighted by Crippen LogP contribution is 2.27. The Morgan fingerprint density at radius 3 is 2.58 bits per heavy atom. The van der Waals surface area contributed by atoms with E-state index >= 15 is 0 Å². The molecule has 1 N–H and O–H groups in total. The molecule has 1 heterocycles. The summed E-state index contributed by atoms with van der Waals surface area (Å²) in [6.45, 7) is 0.293. The molecule has 0 spiro atoms. The van der Waals surface area contributed by atoms with Crippen LogP contribution in [0.25, 0.3) is 0 Å². The van der Waals surface area contributed by atoms with Crippen LogP contribution in [0.2, 0.25) is 0 Å². The predicted molar refractivity (Wildman–Crippen MR) is 37.6 cm³/mol. The average Bonchev–Trinajstić information content (AvgIpc) is 2.52. The lowest BCUT2D eigenvalue weighted by atomic mass is 10.0. The number of aliphatic carboxylic acids is 1. The van der Waals surface area contributed by atoms with Crippen LogP contribution >= 0.6 is 0 Å². The van der Waals surface area contributed by atoms with Crippen molar-refractivity contribution in [2.24, 2.45) is 0 Å². The number of rotatable bonds is 2. The van der Waals surface area contributed by atoms with Crippen molar-refractivity contribution in [3.8, 4) is 0 Å². The minimum absolute atomic E-state index is 0.189. The van der Waals surface area contributed by atoms with E-state index in [1.165, 1.54) is 0 Å². The lowest BCUT2D eigenvalue weighted by Gasteiger charge is -2.19. The zero-order chi connectivity index (χ0) is 9.19. The number of hydrogen-bond donors (Lipinski definition) is 1. The average molecular weight is 174 g/mol. The summed E-state index contributed by atoms with van der Waals surface area (Å²) < 4.78 is 9.23. The van der Waals surface area contributed by atoms with E-state index in [-0.39, 0.29) is 6.42 Å². The second-order valence-corrected chi connectivity index (χ2v) is 2.58. The fourth-order valence-corrected chi connectivity index (χ4v) is 1.22. The number of ether oxygens (including phenoxy) is 2. The van der Waals surface area contributed by atoms with Crippen LogP contribution < -0.4 is 0 Å². The molecule has 5 nitrogen and oxygen atoms in total. The Balaban J connectivity index is 2.86. The van der Waals surface area contributed by atoms with Crippen LogP contribution in [0, 0.1) is 0 Å². The fraction of sp³-hybridized carbons (Fsp3) is 0.714. The maximum atomic E-state index is 11.0. The SMILES string of the molecule is COC(=O)[C@@]1(C(=O)O)CCCO1. The number of methoxy groups -OCH3 is 1. The van der Waals surface area contributed by atoms with Crippen molar-refractivity contribution in [1.82, 2.24) is 0 Å². The lowest BCUT2D eigenvalue weighted by molar-refractivity contribution is -0.179. The first kappa shape index (κ1) is 8.99.